The molecule has 3 heterocycles. The minimum absolute atomic E-state index is 0.442. The number of aromatic nitrogens is 1. The number of allylic oxidation sites excluding steroid dienone is 1. The lowest BCUT2D eigenvalue weighted by molar-refractivity contribution is 0.0453. The zero-order chi connectivity index (χ0) is 16.6. The average molecular weight is 328 g/mol. The molecule has 2 aliphatic rings. The molecule has 0 amide bonds. The van der Waals surface area contributed by atoms with Gasteiger partial charge in [-0.05, 0) is 37.3 Å². The van der Waals surface area contributed by atoms with Gasteiger partial charge >= 0.3 is 5.76 Å². The lowest BCUT2D eigenvalue weighted by Gasteiger charge is -2.32. The highest BCUT2D eigenvalue weighted by atomic mass is 16.5. The molecule has 2 aromatic rings. The van der Waals surface area contributed by atoms with E-state index in [2.05, 4.69) is 11.1 Å². The molecule has 1 aromatic carbocycles. The minimum Gasteiger partial charge on any atom is -0.496 e. The Labute approximate surface area is 139 Å². The van der Waals surface area contributed by atoms with Crippen LogP contribution in [0.5, 0.6) is 5.75 Å². The van der Waals surface area contributed by atoms with E-state index in [1.807, 2.05) is 18.4 Å². The highest BCUT2D eigenvalue weighted by Crippen LogP contribution is 2.43. The number of hydrogen-bond donors (Lipinski definition) is 1. The van der Waals surface area contributed by atoms with Crippen LogP contribution in [0.4, 0.5) is 0 Å². The summed E-state index contributed by atoms with van der Waals surface area (Å²) in [6, 6.07) is 3.67. The smallest absolute Gasteiger partial charge is 0.417 e. The van der Waals surface area contributed by atoms with Crippen LogP contribution in [-0.2, 0) is 10.3 Å². The number of ether oxygens (including phenoxy) is 2. The first kappa shape index (κ1) is 15.2. The molecule has 0 bridgehead atoms. The number of fused-ring (bicyclic) bond motifs is 1. The number of benzene rings is 1. The molecule has 0 spiro atoms. The third kappa shape index (κ3) is 2.57. The average Bonchev–Trinajstić information content (AvgIpc) is 3.20. The van der Waals surface area contributed by atoms with E-state index in [0.29, 0.717) is 22.8 Å². The van der Waals surface area contributed by atoms with Crippen LogP contribution >= 0.6 is 0 Å². The Morgan fingerprint density at radius 1 is 1.46 bits per heavy atom. The molecule has 0 radical (unpaired) electrons. The van der Waals surface area contributed by atoms with Crippen LogP contribution in [0.25, 0.3) is 11.1 Å². The summed E-state index contributed by atoms with van der Waals surface area (Å²) in [6.45, 7) is 1.60. The quantitative estimate of drug-likeness (QED) is 0.936. The molecule has 1 N–H and O–H groups in total. The fourth-order valence-electron chi connectivity index (χ4n) is 3.70. The van der Waals surface area contributed by atoms with Crippen LogP contribution in [0.1, 0.15) is 24.8 Å². The molecule has 2 atom stereocenters. The van der Waals surface area contributed by atoms with E-state index in [0.717, 1.165) is 38.0 Å². The zero-order valence-corrected chi connectivity index (χ0v) is 13.6. The summed E-state index contributed by atoms with van der Waals surface area (Å²) in [5, 5.41) is 0. The third-order valence-corrected chi connectivity index (χ3v) is 4.82. The maximum atomic E-state index is 11.5. The van der Waals surface area contributed by atoms with Crippen LogP contribution < -0.4 is 10.5 Å². The van der Waals surface area contributed by atoms with E-state index in [1.165, 1.54) is 0 Å². The molecule has 6 heteroatoms. The van der Waals surface area contributed by atoms with E-state index < -0.39 is 11.3 Å². The van der Waals surface area contributed by atoms with Crippen molar-refractivity contribution >= 4 is 17.3 Å². The SMILES string of the molecule is COc1cc2[nH]c(=O)oc2cc1C1(CC2CCCOC2)C=CC=N1. The number of hydrogen-bond acceptors (Lipinski definition) is 5. The number of methoxy groups -OCH3 is 1. The van der Waals surface area contributed by atoms with Gasteiger partial charge < -0.3 is 13.9 Å². The zero-order valence-electron chi connectivity index (χ0n) is 13.6. The third-order valence-electron chi connectivity index (χ3n) is 4.82. The van der Waals surface area contributed by atoms with Crippen molar-refractivity contribution in [1.82, 2.24) is 4.98 Å². The van der Waals surface area contributed by atoms with Gasteiger partial charge in [-0.25, -0.2) is 4.79 Å². The van der Waals surface area contributed by atoms with Gasteiger partial charge in [0.25, 0.3) is 0 Å². The van der Waals surface area contributed by atoms with Crippen molar-refractivity contribution in [3.05, 3.63) is 40.4 Å². The fourth-order valence-corrected chi connectivity index (χ4v) is 3.70. The predicted octanol–water partition coefficient (Wildman–Crippen LogP) is 2.78. The Bertz CT molecular complexity index is 844. The lowest BCUT2D eigenvalue weighted by atomic mass is 9.80. The molecule has 1 fully saturated rings. The lowest BCUT2D eigenvalue weighted by Crippen LogP contribution is -2.28. The maximum absolute atomic E-state index is 11.5. The molecule has 4 rings (SSSR count). The van der Waals surface area contributed by atoms with Gasteiger partial charge in [-0.2, -0.15) is 0 Å². The minimum atomic E-state index is -0.499. The largest absolute Gasteiger partial charge is 0.496 e. The first-order chi connectivity index (χ1) is 11.7. The van der Waals surface area contributed by atoms with Crippen LogP contribution in [0.2, 0.25) is 0 Å². The second kappa shape index (κ2) is 5.94. The van der Waals surface area contributed by atoms with Crippen molar-refractivity contribution in [2.75, 3.05) is 20.3 Å². The maximum Gasteiger partial charge on any atom is 0.417 e. The number of H-pyrrole nitrogens is 1. The molecule has 126 valence electrons. The predicted molar refractivity (Wildman–Crippen MR) is 90.9 cm³/mol. The summed E-state index contributed by atoms with van der Waals surface area (Å²) in [7, 11) is 1.63. The van der Waals surface area contributed by atoms with Crippen LogP contribution in [0.3, 0.4) is 0 Å². The second-order valence-electron chi connectivity index (χ2n) is 6.41. The van der Waals surface area contributed by atoms with E-state index in [1.54, 1.807) is 13.2 Å². The van der Waals surface area contributed by atoms with Crippen molar-refractivity contribution in [2.24, 2.45) is 10.9 Å². The summed E-state index contributed by atoms with van der Waals surface area (Å²) in [5.41, 5.74) is 1.56. The summed E-state index contributed by atoms with van der Waals surface area (Å²) in [5.74, 6) is 0.668. The van der Waals surface area contributed by atoms with E-state index in [-0.39, 0.29) is 0 Å². The summed E-state index contributed by atoms with van der Waals surface area (Å²) in [4.78, 5) is 18.9. The fraction of sp³-hybridized carbons (Fsp3) is 0.444. The molecule has 2 aliphatic heterocycles. The molecular formula is C18H20N2O4. The van der Waals surface area contributed by atoms with Gasteiger partial charge in [0.2, 0.25) is 0 Å². The van der Waals surface area contributed by atoms with Crippen molar-refractivity contribution in [2.45, 2.75) is 24.8 Å². The second-order valence-corrected chi connectivity index (χ2v) is 6.41. The van der Waals surface area contributed by atoms with Crippen molar-refractivity contribution < 1.29 is 13.9 Å². The molecular weight excluding hydrogens is 308 g/mol. The molecule has 24 heavy (non-hydrogen) atoms. The van der Waals surface area contributed by atoms with Crippen molar-refractivity contribution in [1.29, 1.82) is 0 Å². The highest BCUT2D eigenvalue weighted by molar-refractivity contribution is 5.80. The molecule has 1 aromatic heterocycles. The summed E-state index contributed by atoms with van der Waals surface area (Å²) >= 11 is 0. The van der Waals surface area contributed by atoms with Gasteiger partial charge in [-0.15, -0.1) is 0 Å². The molecule has 1 saturated heterocycles. The van der Waals surface area contributed by atoms with E-state index in [9.17, 15) is 4.79 Å². The monoisotopic (exact) mass is 328 g/mol. The van der Waals surface area contributed by atoms with Gasteiger partial charge in [-0.1, -0.05) is 6.08 Å². The highest BCUT2D eigenvalue weighted by Gasteiger charge is 2.37. The van der Waals surface area contributed by atoms with E-state index >= 15 is 0 Å². The molecule has 2 unspecified atom stereocenters. The number of nitrogens with one attached hydrogen (secondary N) is 1. The van der Waals surface area contributed by atoms with Crippen LogP contribution in [-0.4, -0.2) is 31.5 Å². The Balaban J connectivity index is 1.80. The van der Waals surface area contributed by atoms with Gasteiger partial charge in [-0.3, -0.25) is 9.98 Å². The Kier molecular flexibility index (Phi) is 3.76. The Hall–Kier alpha value is -2.34. The van der Waals surface area contributed by atoms with Crippen LogP contribution in [0, 0.1) is 5.92 Å². The number of aliphatic imine (C=N–C) groups is 1. The molecule has 6 nitrogen and oxygen atoms in total. The van der Waals surface area contributed by atoms with Gasteiger partial charge in [0.05, 0.1) is 12.6 Å². The number of nitrogens with zero attached hydrogens (tertiary/aromatic N) is 1. The number of aromatic amines is 1. The van der Waals surface area contributed by atoms with Gasteiger partial charge in [0, 0.05) is 31.1 Å². The first-order valence-electron chi connectivity index (χ1n) is 8.22. The molecule has 0 aliphatic carbocycles. The summed E-state index contributed by atoms with van der Waals surface area (Å²) in [6.07, 6.45) is 8.93. The Morgan fingerprint density at radius 2 is 2.38 bits per heavy atom. The summed E-state index contributed by atoms with van der Waals surface area (Å²) < 4.78 is 16.5. The van der Waals surface area contributed by atoms with Crippen molar-refractivity contribution in [3.8, 4) is 5.75 Å². The standard InChI is InChI=1S/C18H20N2O4/c1-22-15-9-14-16(24-17(21)20-14)8-13(15)18(5-3-6-19-18)10-12-4-2-7-23-11-12/h3,5-6,8-9,12H,2,4,7,10-11H2,1H3,(H,20,21). The van der Waals surface area contributed by atoms with Crippen molar-refractivity contribution in [3.63, 3.8) is 0 Å². The van der Waals surface area contributed by atoms with E-state index in [4.69, 9.17) is 18.9 Å². The molecule has 0 saturated carbocycles. The van der Waals surface area contributed by atoms with Gasteiger partial charge in [0.15, 0.2) is 5.58 Å². The van der Waals surface area contributed by atoms with Crippen LogP contribution in [0.15, 0.2) is 38.5 Å². The normalized spacial score (nSPS) is 26.3. The number of oxazole rings is 1. The number of rotatable bonds is 4. The first-order valence-corrected chi connectivity index (χ1v) is 8.22. The van der Waals surface area contributed by atoms with Gasteiger partial charge in [0.1, 0.15) is 11.3 Å². The Morgan fingerprint density at radius 3 is 3.08 bits per heavy atom. The topological polar surface area (TPSA) is 76.8 Å².